The standard InChI is InChI=1S/C31H34N2O2/c1-22-18-20-31(21-19-22,23-2-10-27(11-3-23)34-29-14-6-25(32)7-15-29)24-4-12-28(13-5-24)35-30-16-8-26(33)9-17-30/h2-8,10-16,22H,9,17-21,32-33H2,1H3. The van der Waals surface area contributed by atoms with Crippen LogP contribution in [0.25, 0.3) is 0 Å². The van der Waals surface area contributed by atoms with Crippen molar-refractivity contribution in [2.45, 2.75) is 50.9 Å². The predicted molar refractivity (Wildman–Crippen MR) is 142 cm³/mol. The van der Waals surface area contributed by atoms with Gasteiger partial charge in [0.25, 0.3) is 0 Å². The van der Waals surface area contributed by atoms with Crippen molar-refractivity contribution >= 4 is 5.69 Å². The number of rotatable bonds is 6. The lowest BCUT2D eigenvalue weighted by atomic mass is 9.63. The van der Waals surface area contributed by atoms with Gasteiger partial charge >= 0.3 is 0 Å². The maximum Gasteiger partial charge on any atom is 0.127 e. The van der Waals surface area contributed by atoms with Crippen LogP contribution in [-0.4, -0.2) is 0 Å². The fourth-order valence-corrected chi connectivity index (χ4v) is 5.23. The molecule has 1 saturated carbocycles. The van der Waals surface area contributed by atoms with Gasteiger partial charge in [-0.25, -0.2) is 0 Å². The summed E-state index contributed by atoms with van der Waals surface area (Å²) in [5, 5.41) is 0. The van der Waals surface area contributed by atoms with Gasteiger partial charge in [-0.2, -0.15) is 0 Å². The van der Waals surface area contributed by atoms with Crippen LogP contribution in [0.1, 0.15) is 56.6 Å². The lowest BCUT2D eigenvalue weighted by Gasteiger charge is -2.41. The van der Waals surface area contributed by atoms with E-state index in [1.807, 2.05) is 36.4 Å². The van der Waals surface area contributed by atoms with E-state index < -0.39 is 0 Å². The summed E-state index contributed by atoms with van der Waals surface area (Å²) in [6, 6.07) is 24.8. The van der Waals surface area contributed by atoms with E-state index in [1.54, 1.807) is 0 Å². The zero-order chi connectivity index (χ0) is 24.3. The summed E-state index contributed by atoms with van der Waals surface area (Å²) in [5.74, 6) is 4.22. The van der Waals surface area contributed by atoms with Gasteiger partial charge in [-0.05, 0) is 110 Å². The number of nitrogens with two attached hydrogens (primary N) is 2. The number of allylic oxidation sites excluding steroid dienone is 4. The molecular formula is C31H34N2O2. The van der Waals surface area contributed by atoms with Gasteiger partial charge in [0.05, 0.1) is 0 Å². The summed E-state index contributed by atoms with van der Waals surface area (Å²) in [7, 11) is 0. The Morgan fingerprint density at radius 3 is 1.69 bits per heavy atom. The Morgan fingerprint density at radius 2 is 1.17 bits per heavy atom. The monoisotopic (exact) mass is 466 g/mol. The van der Waals surface area contributed by atoms with E-state index in [0.29, 0.717) is 0 Å². The Kier molecular flexibility index (Phi) is 6.54. The largest absolute Gasteiger partial charge is 0.462 e. The second-order valence-electron chi connectivity index (χ2n) is 9.96. The Hall–Kier alpha value is -3.66. The molecule has 0 aromatic heterocycles. The molecule has 0 atom stereocenters. The highest BCUT2D eigenvalue weighted by Gasteiger charge is 2.37. The smallest absolute Gasteiger partial charge is 0.127 e. The Balaban J connectivity index is 1.38. The Morgan fingerprint density at radius 1 is 0.657 bits per heavy atom. The average Bonchev–Trinajstić information content (AvgIpc) is 2.89. The van der Waals surface area contributed by atoms with Crippen LogP contribution < -0.4 is 20.9 Å². The van der Waals surface area contributed by atoms with E-state index in [9.17, 15) is 0 Å². The Bertz CT molecular complexity index is 1200. The first kappa shape index (κ1) is 23.1. The molecule has 0 radical (unpaired) electrons. The maximum absolute atomic E-state index is 6.12. The number of anilines is 1. The maximum atomic E-state index is 6.12. The van der Waals surface area contributed by atoms with E-state index >= 15 is 0 Å². The second-order valence-corrected chi connectivity index (χ2v) is 9.96. The van der Waals surface area contributed by atoms with Gasteiger partial charge < -0.3 is 20.9 Å². The summed E-state index contributed by atoms with van der Waals surface area (Å²) < 4.78 is 12.2. The highest BCUT2D eigenvalue weighted by Crippen LogP contribution is 2.47. The molecule has 1 fully saturated rings. The summed E-state index contributed by atoms with van der Waals surface area (Å²) >= 11 is 0. The normalized spacial score (nSPS) is 22.1. The molecule has 5 rings (SSSR count). The van der Waals surface area contributed by atoms with Crippen LogP contribution in [0.3, 0.4) is 0 Å². The van der Waals surface area contributed by atoms with E-state index in [2.05, 4.69) is 55.5 Å². The molecule has 0 saturated heterocycles. The van der Waals surface area contributed by atoms with Crippen molar-refractivity contribution in [1.29, 1.82) is 0 Å². The van der Waals surface area contributed by atoms with Crippen LogP contribution in [0.15, 0.2) is 96.4 Å². The minimum atomic E-state index is 0.00601. The highest BCUT2D eigenvalue weighted by atomic mass is 16.5. The predicted octanol–water partition coefficient (Wildman–Crippen LogP) is 7.46. The van der Waals surface area contributed by atoms with Crippen molar-refractivity contribution < 1.29 is 9.47 Å². The third-order valence-electron chi connectivity index (χ3n) is 7.45. The lowest BCUT2D eigenvalue weighted by molar-refractivity contribution is 0.280. The number of hydrogen-bond acceptors (Lipinski definition) is 4. The van der Waals surface area contributed by atoms with E-state index in [4.69, 9.17) is 20.9 Å². The molecule has 0 unspecified atom stereocenters. The first-order valence-corrected chi connectivity index (χ1v) is 12.6. The molecule has 4 N–H and O–H groups in total. The van der Waals surface area contributed by atoms with Gasteiger partial charge in [0, 0.05) is 23.2 Å². The Labute approximate surface area is 208 Å². The van der Waals surface area contributed by atoms with Crippen molar-refractivity contribution in [3.63, 3.8) is 0 Å². The van der Waals surface area contributed by atoms with Crippen LogP contribution in [0.2, 0.25) is 0 Å². The van der Waals surface area contributed by atoms with Gasteiger partial charge in [-0.1, -0.05) is 31.2 Å². The van der Waals surface area contributed by atoms with Gasteiger partial charge in [-0.15, -0.1) is 0 Å². The summed E-state index contributed by atoms with van der Waals surface area (Å²) in [5.41, 5.74) is 16.0. The molecule has 0 aliphatic heterocycles. The van der Waals surface area contributed by atoms with Gasteiger partial charge in [0.15, 0.2) is 0 Å². The van der Waals surface area contributed by atoms with Gasteiger partial charge in [0.1, 0.15) is 23.0 Å². The molecule has 3 aromatic rings. The highest BCUT2D eigenvalue weighted by molar-refractivity contribution is 5.46. The molecule has 0 heterocycles. The van der Waals surface area contributed by atoms with Crippen LogP contribution in [-0.2, 0) is 5.41 Å². The molecule has 4 heteroatoms. The van der Waals surface area contributed by atoms with Crippen molar-refractivity contribution in [2.24, 2.45) is 11.7 Å². The van der Waals surface area contributed by atoms with E-state index in [1.165, 1.54) is 24.0 Å². The van der Waals surface area contributed by atoms with Crippen molar-refractivity contribution in [2.75, 3.05) is 5.73 Å². The first-order chi connectivity index (χ1) is 17.0. The molecule has 2 aliphatic carbocycles. The quantitative estimate of drug-likeness (QED) is 0.370. The third kappa shape index (κ3) is 5.22. The van der Waals surface area contributed by atoms with Crippen LogP contribution in [0, 0.1) is 5.92 Å². The molecule has 180 valence electrons. The van der Waals surface area contributed by atoms with Crippen LogP contribution >= 0.6 is 0 Å². The number of hydrogen-bond donors (Lipinski definition) is 2. The zero-order valence-electron chi connectivity index (χ0n) is 20.4. The molecule has 4 nitrogen and oxygen atoms in total. The fourth-order valence-electron chi connectivity index (χ4n) is 5.23. The SMILES string of the molecule is CC1CCC(c2ccc(OC3=CC=C(N)CC3)cc2)(c2ccc(Oc3ccc(N)cc3)cc2)CC1. The molecule has 35 heavy (non-hydrogen) atoms. The van der Waals surface area contributed by atoms with Crippen molar-refractivity contribution in [1.82, 2.24) is 0 Å². The number of benzene rings is 3. The summed E-state index contributed by atoms with van der Waals surface area (Å²) in [6.45, 7) is 2.36. The molecule has 2 aliphatic rings. The van der Waals surface area contributed by atoms with E-state index in [0.717, 1.165) is 66.0 Å². The zero-order valence-corrected chi connectivity index (χ0v) is 20.4. The number of nitrogen functional groups attached to an aromatic ring is 1. The molecular weight excluding hydrogens is 432 g/mol. The number of ether oxygens (including phenoxy) is 2. The van der Waals surface area contributed by atoms with Crippen molar-refractivity contribution in [3.8, 4) is 17.2 Å². The lowest BCUT2D eigenvalue weighted by Crippen LogP contribution is -2.32. The average molecular weight is 467 g/mol. The third-order valence-corrected chi connectivity index (χ3v) is 7.45. The molecule has 0 spiro atoms. The minimum Gasteiger partial charge on any atom is -0.462 e. The van der Waals surface area contributed by atoms with Crippen LogP contribution in [0.4, 0.5) is 5.69 Å². The second kappa shape index (κ2) is 9.91. The fraction of sp³-hybridized carbons (Fsp3) is 0.290. The molecule has 0 bridgehead atoms. The van der Waals surface area contributed by atoms with Gasteiger partial charge in [-0.3, -0.25) is 0 Å². The van der Waals surface area contributed by atoms with E-state index in [-0.39, 0.29) is 5.41 Å². The topological polar surface area (TPSA) is 70.5 Å². The molecule has 3 aromatic carbocycles. The molecule has 0 amide bonds. The minimum absolute atomic E-state index is 0.00601. The van der Waals surface area contributed by atoms with Crippen LogP contribution in [0.5, 0.6) is 17.2 Å². The summed E-state index contributed by atoms with van der Waals surface area (Å²) in [6.07, 6.45) is 10.3. The van der Waals surface area contributed by atoms with Crippen molar-refractivity contribution in [3.05, 3.63) is 108 Å². The summed E-state index contributed by atoms with van der Waals surface area (Å²) in [4.78, 5) is 0. The first-order valence-electron chi connectivity index (χ1n) is 12.6. The van der Waals surface area contributed by atoms with Gasteiger partial charge in [0.2, 0.25) is 0 Å².